The maximum absolute atomic E-state index is 11.2. The first kappa shape index (κ1) is 31.5. The molecule has 0 heterocycles. The first-order chi connectivity index (χ1) is 14.7. The van der Waals surface area contributed by atoms with Gasteiger partial charge in [-0.1, -0.05) is 72.7 Å². The molecule has 0 aliphatic rings. The number of aliphatic hydroxyl groups is 1. The zero-order valence-electron chi connectivity index (χ0n) is 22.6. The standard InChI is InChI=1S/C25H53NO4Si2/c1-11-15-19-31(7,8)25(6,14-4)30-32(9,10)24(5,13-3)17-16-18-29-21-22(27)20-26-23(28)12-2/h12,22,27H,2,11,13-21H2,1,3-10H3,(H,26,28). The van der Waals surface area contributed by atoms with Gasteiger partial charge in [0.25, 0.3) is 0 Å². The van der Waals surface area contributed by atoms with Gasteiger partial charge in [-0.05, 0) is 50.4 Å². The number of hydrogen-bond donors (Lipinski definition) is 2. The number of amides is 1. The molecule has 0 radical (unpaired) electrons. The molecule has 32 heavy (non-hydrogen) atoms. The molecule has 5 nitrogen and oxygen atoms in total. The molecule has 3 atom stereocenters. The molecule has 0 fully saturated rings. The van der Waals surface area contributed by atoms with E-state index in [9.17, 15) is 9.90 Å². The van der Waals surface area contributed by atoms with Gasteiger partial charge in [0, 0.05) is 18.4 Å². The van der Waals surface area contributed by atoms with Crippen LogP contribution in [0.3, 0.4) is 0 Å². The first-order valence-corrected chi connectivity index (χ1v) is 18.7. The molecule has 0 aromatic carbocycles. The number of aliphatic hydroxyl groups excluding tert-OH is 1. The van der Waals surface area contributed by atoms with E-state index in [0.29, 0.717) is 6.61 Å². The Hall–Kier alpha value is -0.476. The highest BCUT2D eigenvalue weighted by Crippen LogP contribution is 2.49. The van der Waals surface area contributed by atoms with Crippen molar-refractivity contribution in [3.63, 3.8) is 0 Å². The number of hydrogen-bond acceptors (Lipinski definition) is 4. The van der Waals surface area contributed by atoms with Crippen LogP contribution in [-0.2, 0) is 14.0 Å². The Morgan fingerprint density at radius 3 is 2.25 bits per heavy atom. The minimum atomic E-state index is -2.00. The fourth-order valence-corrected chi connectivity index (χ4v) is 12.0. The van der Waals surface area contributed by atoms with E-state index in [1.807, 2.05) is 0 Å². The van der Waals surface area contributed by atoms with Gasteiger partial charge in [-0.25, -0.2) is 0 Å². The van der Waals surface area contributed by atoms with Crippen molar-refractivity contribution in [1.82, 2.24) is 5.32 Å². The fraction of sp³-hybridized carbons (Fsp3) is 0.880. The van der Waals surface area contributed by atoms with Crippen LogP contribution < -0.4 is 5.32 Å². The van der Waals surface area contributed by atoms with Gasteiger partial charge < -0.3 is 19.6 Å². The van der Waals surface area contributed by atoms with Crippen LogP contribution >= 0.6 is 0 Å². The van der Waals surface area contributed by atoms with E-state index in [2.05, 4.69) is 72.7 Å². The van der Waals surface area contributed by atoms with Crippen molar-refractivity contribution in [3.8, 4) is 0 Å². The average Bonchev–Trinajstić information content (AvgIpc) is 2.74. The van der Waals surface area contributed by atoms with Crippen LogP contribution in [0, 0.1) is 0 Å². The number of carbonyl (C=O) groups excluding carboxylic acids is 1. The first-order valence-electron chi connectivity index (χ1n) is 12.6. The topological polar surface area (TPSA) is 67.8 Å². The quantitative estimate of drug-likeness (QED) is 0.140. The summed E-state index contributed by atoms with van der Waals surface area (Å²) in [6, 6.07) is 1.32. The molecule has 3 unspecified atom stereocenters. The van der Waals surface area contributed by atoms with E-state index >= 15 is 0 Å². The van der Waals surface area contributed by atoms with Gasteiger partial charge in [-0.15, -0.1) is 0 Å². The van der Waals surface area contributed by atoms with Crippen LogP contribution in [0.2, 0.25) is 37.3 Å². The van der Waals surface area contributed by atoms with Crippen molar-refractivity contribution >= 4 is 22.3 Å². The maximum atomic E-state index is 11.2. The van der Waals surface area contributed by atoms with Gasteiger partial charge in [0.2, 0.25) is 5.91 Å². The van der Waals surface area contributed by atoms with E-state index in [1.54, 1.807) is 0 Å². The van der Waals surface area contributed by atoms with Crippen molar-refractivity contribution < 1.29 is 19.1 Å². The lowest BCUT2D eigenvalue weighted by atomic mass is 10.0. The van der Waals surface area contributed by atoms with E-state index < -0.39 is 22.5 Å². The molecule has 0 aromatic rings. The van der Waals surface area contributed by atoms with Crippen LogP contribution in [0.1, 0.15) is 73.1 Å². The van der Waals surface area contributed by atoms with Crippen molar-refractivity contribution in [2.75, 3.05) is 19.8 Å². The molecule has 0 aromatic heterocycles. The molecule has 190 valence electrons. The fourth-order valence-electron chi connectivity index (χ4n) is 4.30. The second-order valence-corrected chi connectivity index (χ2v) is 20.6. The second kappa shape index (κ2) is 14.0. The molecule has 0 spiro atoms. The van der Waals surface area contributed by atoms with Crippen molar-refractivity contribution in [2.45, 2.75) is 122 Å². The smallest absolute Gasteiger partial charge is 0.243 e. The number of ether oxygens (including phenoxy) is 1. The highest BCUT2D eigenvalue weighted by atomic mass is 28.4. The summed E-state index contributed by atoms with van der Waals surface area (Å²) >= 11 is 0. The average molecular weight is 488 g/mol. The third-order valence-corrected chi connectivity index (χ3v) is 17.6. The molecule has 0 saturated heterocycles. The van der Waals surface area contributed by atoms with Gasteiger partial charge in [-0.2, -0.15) is 0 Å². The molecular weight excluding hydrogens is 434 g/mol. The van der Waals surface area contributed by atoms with E-state index in [4.69, 9.17) is 9.16 Å². The van der Waals surface area contributed by atoms with Crippen molar-refractivity contribution in [1.29, 1.82) is 0 Å². The summed E-state index contributed by atoms with van der Waals surface area (Å²) in [6.07, 6.45) is 7.22. The SMILES string of the molecule is C=CC(=O)NCC(O)COCCCC(C)(CC)[Si](C)(C)OC(C)(CC)[Si](C)(C)CCCC. The minimum Gasteiger partial charge on any atom is -0.414 e. The molecule has 2 N–H and O–H groups in total. The lowest BCUT2D eigenvalue weighted by Crippen LogP contribution is -2.60. The third-order valence-electron chi connectivity index (χ3n) is 8.00. The number of nitrogens with one attached hydrogen (secondary N) is 1. The van der Waals surface area contributed by atoms with Gasteiger partial charge >= 0.3 is 0 Å². The Balaban J connectivity index is 4.90. The van der Waals surface area contributed by atoms with E-state index in [0.717, 1.165) is 25.7 Å². The lowest BCUT2D eigenvalue weighted by Gasteiger charge is -2.52. The molecule has 0 bridgehead atoms. The number of unbranched alkanes of at least 4 members (excludes halogenated alkanes) is 1. The van der Waals surface area contributed by atoms with Gasteiger partial charge in [0.05, 0.1) is 20.8 Å². The second-order valence-electron chi connectivity index (χ2n) is 10.9. The number of carbonyl (C=O) groups is 1. The highest BCUT2D eigenvalue weighted by molar-refractivity contribution is 6.82. The van der Waals surface area contributed by atoms with Crippen molar-refractivity contribution in [2.24, 2.45) is 0 Å². The molecule has 0 saturated carbocycles. The van der Waals surface area contributed by atoms with E-state index in [1.165, 1.54) is 25.0 Å². The normalized spacial score (nSPS) is 17.3. The zero-order valence-corrected chi connectivity index (χ0v) is 24.6. The van der Waals surface area contributed by atoms with Crippen LogP contribution in [0.25, 0.3) is 0 Å². The van der Waals surface area contributed by atoms with E-state index in [-0.39, 0.29) is 29.3 Å². The molecular formula is C25H53NO4Si2. The Kier molecular flexibility index (Phi) is 13.8. The van der Waals surface area contributed by atoms with Crippen molar-refractivity contribution in [3.05, 3.63) is 12.7 Å². The Labute approximate surface area is 200 Å². The lowest BCUT2D eigenvalue weighted by molar-refractivity contribution is -0.117. The summed E-state index contributed by atoms with van der Waals surface area (Å²) < 4.78 is 12.9. The van der Waals surface area contributed by atoms with Crippen LogP contribution in [-0.4, -0.2) is 58.5 Å². The third kappa shape index (κ3) is 9.41. The summed E-state index contributed by atoms with van der Waals surface area (Å²) in [5, 5.41) is 12.7. The summed E-state index contributed by atoms with van der Waals surface area (Å²) in [6.45, 7) is 25.9. The summed E-state index contributed by atoms with van der Waals surface area (Å²) in [4.78, 5) is 11.2. The minimum absolute atomic E-state index is 0.00477. The maximum Gasteiger partial charge on any atom is 0.243 e. The molecule has 1 amide bonds. The molecule has 7 heteroatoms. The van der Waals surface area contributed by atoms with Gasteiger partial charge in [-0.3, -0.25) is 4.79 Å². The Morgan fingerprint density at radius 2 is 1.75 bits per heavy atom. The van der Waals surface area contributed by atoms with Gasteiger partial charge in [0.15, 0.2) is 8.32 Å². The molecule has 0 aliphatic heterocycles. The Morgan fingerprint density at radius 1 is 1.12 bits per heavy atom. The van der Waals surface area contributed by atoms with Crippen LogP contribution in [0.5, 0.6) is 0 Å². The van der Waals surface area contributed by atoms with Gasteiger partial charge in [0.1, 0.15) is 0 Å². The summed E-state index contributed by atoms with van der Waals surface area (Å²) in [5.41, 5.74) is 0. The largest absolute Gasteiger partial charge is 0.414 e. The van der Waals surface area contributed by atoms with Crippen LogP contribution in [0.15, 0.2) is 12.7 Å². The summed E-state index contributed by atoms with van der Waals surface area (Å²) in [5.74, 6) is -0.282. The Bertz CT molecular complexity index is 570. The molecule has 0 rings (SSSR count). The number of rotatable bonds is 18. The molecule has 0 aliphatic carbocycles. The highest BCUT2D eigenvalue weighted by Gasteiger charge is 2.51. The zero-order chi connectivity index (χ0) is 25.1. The van der Waals surface area contributed by atoms with Crippen LogP contribution in [0.4, 0.5) is 0 Å². The predicted octanol–water partition coefficient (Wildman–Crippen LogP) is 6.05. The summed E-state index contributed by atoms with van der Waals surface area (Å²) in [7, 11) is -3.53. The monoisotopic (exact) mass is 487 g/mol. The predicted molar refractivity (Wildman–Crippen MR) is 142 cm³/mol.